The maximum Gasteiger partial charge on any atom is 0.310 e. The number of hydrogen-bond donors (Lipinski definition) is 1. The van der Waals surface area contributed by atoms with Crippen molar-refractivity contribution in [3.63, 3.8) is 0 Å². The van der Waals surface area contributed by atoms with Gasteiger partial charge in [-0.2, -0.15) is 0 Å². The fourth-order valence-electron chi connectivity index (χ4n) is 7.17. The quantitative estimate of drug-likeness (QED) is 0.119. The minimum atomic E-state index is -0.918. The highest BCUT2D eigenvalue weighted by atomic mass is 79.9. The van der Waals surface area contributed by atoms with Crippen LogP contribution in [0.15, 0.2) is 79.9 Å². The number of thioether (sulfide) groups is 1. The lowest BCUT2D eigenvalue weighted by atomic mass is 9.71. The fraction of sp³-hybridized carbons (Fsp3) is 0.457. The molecule has 2 bridgehead atoms. The van der Waals surface area contributed by atoms with Crippen molar-refractivity contribution in [1.82, 2.24) is 4.90 Å². The molecule has 1 spiro atoms. The van der Waals surface area contributed by atoms with Gasteiger partial charge < -0.3 is 24.4 Å². The summed E-state index contributed by atoms with van der Waals surface area (Å²) < 4.78 is 10.2. The highest BCUT2D eigenvalue weighted by molar-refractivity contribution is 9.09. The van der Waals surface area contributed by atoms with Crippen molar-refractivity contribution in [2.24, 2.45) is 11.8 Å². The number of ether oxygens (including phenoxy) is 2. The van der Waals surface area contributed by atoms with Gasteiger partial charge in [0.1, 0.15) is 11.8 Å². The third-order valence-electron chi connectivity index (χ3n) is 9.16. The maximum atomic E-state index is 14.9. The van der Waals surface area contributed by atoms with E-state index in [4.69, 9.17) is 9.47 Å². The molecule has 3 saturated heterocycles. The van der Waals surface area contributed by atoms with Crippen molar-refractivity contribution >= 4 is 51.2 Å². The summed E-state index contributed by atoms with van der Waals surface area (Å²) in [7, 11) is 1.58. The van der Waals surface area contributed by atoms with Crippen LogP contribution in [0.25, 0.3) is 0 Å². The van der Waals surface area contributed by atoms with Crippen LogP contribution in [0.4, 0.5) is 5.69 Å². The number of amides is 2. The summed E-state index contributed by atoms with van der Waals surface area (Å²) in [5.74, 6) is -1.74. The van der Waals surface area contributed by atoms with Gasteiger partial charge in [0.25, 0.3) is 5.91 Å². The molecule has 45 heavy (non-hydrogen) atoms. The standard InChI is InChI=1S/C35H41BrN2O6S/c1-4-6-7-11-19-44-34(42)28-29-32(40)38(25(22-39)20-23-12-9-8-10-13-23)31(35(29)21-27(36)30(28)45-35)33(41)37(18-5-2)24-14-16-26(43-3)17-15-24/h4-5,8-10,12-17,25,27-31,39H,1-2,6-7,11,18-22H2,3H3/t25-,27?,28+,29+,30+,31?,35?/m1/s1. The average Bonchev–Trinajstić information content (AvgIpc) is 3.65. The van der Waals surface area contributed by atoms with E-state index in [0.29, 0.717) is 30.7 Å². The first-order chi connectivity index (χ1) is 21.8. The molecule has 3 aliphatic heterocycles. The number of aliphatic hydroxyl groups excluding tert-OH is 1. The van der Waals surface area contributed by atoms with Crippen LogP contribution in [0.1, 0.15) is 31.2 Å². The predicted octanol–water partition coefficient (Wildman–Crippen LogP) is 5.18. The monoisotopic (exact) mass is 696 g/mol. The summed E-state index contributed by atoms with van der Waals surface area (Å²) in [6.07, 6.45) is 6.80. The molecule has 0 radical (unpaired) electrons. The zero-order chi connectivity index (χ0) is 32.1. The highest BCUT2D eigenvalue weighted by Crippen LogP contribution is 2.68. The van der Waals surface area contributed by atoms with Crippen LogP contribution in [-0.2, 0) is 25.5 Å². The van der Waals surface area contributed by atoms with E-state index < -0.39 is 34.6 Å². The number of benzene rings is 2. The van der Waals surface area contributed by atoms with E-state index in [1.807, 2.05) is 48.5 Å². The molecule has 10 heteroatoms. The SMILES string of the molecule is C=CCCCCOC(=O)[C@H]1[C@H]2C(=O)N([C@@H](CO)Cc3ccccc3)C(C(=O)N(CC=C)c3ccc(OC)cc3)C23CC(Br)[C@@H]1S3. The molecule has 0 aliphatic carbocycles. The van der Waals surface area contributed by atoms with Crippen LogP contribution in [0.5, 0.6) is 5.75 Å². The van der Waals surface area contributed by atoms with Crippen LogP contribution < -0.4 is 9.64 Å². The number of unbranched alkanes of at least 4 members (excludes halogenated alkanes) is 2. The number of allylic oxidation sites excluding steroid dienone is 1. The van der Waals surface area contributed by atoms with E-state index in [0.717, 1.165) is 18.4 Å². The minimum absolute atomic E-state index is 0.0874. The molecule has 0 saturated carbocycles. The smallest absolute Gasteiger partial charge is 0.310 e. The first-order valence-electron chi connectivity index (χ1n) is 15.4. The molecule has 0 aromatic heterocycles. The van der Waals surface area contributed by atoms with Gasteiger partial charge in [0.2, 0.25) is 5.91 Å². The number of nitrogens with zero attached hydrogens (tertiary/aromatic N) is 2. The summed E-state index contributed by atoms with van der Waals surface area (Å²) in [6.45, 7) is 7.80. The molecule has 240 valence electrons. The van der Waals surface area contributed by atoms with Crippen LogP contribution in [0.2, 0.25) is 0 Å². The van der Waals surface area contributed by atoms with Crippen LogP contribution in [0.3, 0.4) is 0 Å². The molecule has 7 atom stereocenters. The second kappa shape index (κ2) is 14.6. The third kappa shape index (κ3) is 6.33. The molecular formula is C35H41BrN2O6S. The van der Waals surface area contributed by atoms with Crippen molar-refractivity contribution in [3.05, 3.63) is 85.5 Å². The summed E-state index contributed by atoms with van der Waals surface area (Å²) in [5, 5.41) is 10.5. The lowest BCUT2D eigenvalue weighted by Gasteiger charge is -2.40. The fourth-order valence-corrected chi connectivity index (χ4v) is 10.7. The Morgan fingerprint density at radius 3 is 2.53 bits per heavy atom. The van der Waals surface area contributed by atoms with E-state index in [-0.39, 0.29) is 41.6 Å². The Kier molecular flexibility index (Phi) is 10.8. The lowest BCUT2D eigenvalue weighted by molar-refractivity contribution is -0.154. The number of fused-ring (bicyclic) bond motifs is 1. The molecule has 1 N–H and O–H groups in total. The first kappa shape index (κ1) is 33.3. The predicted molar refractivity (Wildman–Crippen MR) is 181 cm³/mol. The Morgan fingerprint density at radius 2 is 1.89 bits per heavy atom. The number of carbonyl (C=O) groups excluding carboxylic acids is 3. The third-order valence-corrected chi connectivity index (χ3v) is 12.4. The molecular weight excluding hydrogens is 656 g/mol. The molecule has 2 aromatic rings. The Balaban J connectivity index is 1.55. The molecule has 3 unspecified atom stereocenters. The number of esters is 1. The summed E-state index contributed by atoms with van der Waals surface area (Å²) >= 11 is 5.37. The largest absolute Gasteiger partial charge is 0.497 e. The number of alkyl halides is 1. The molecule has 2 aromatic carbocycles. The second-order valence-electron chi connectivity index (χ2n) is 11.8. The van der Waals surface area contributed by atoms with Crippen LogP contribution in [0, 0.1) is 11.8 Å². The van der Waals surface area contributed by atoms with E-state index in [1.165, 1.54) is 0 Å². The Bertz CT molecular complexity index is 1390. The molecule has 5 rings (SSSR count). The number of anilines is 1. The van der Waals surface area contributed by atoms with Crippen molar-refractivity contribution in [2.45, 2.75) is 59.0 Å². The summed E-state index contributed by atoms with van der Waals surface area (Å²) in [4.78, 5) is 46.4. The zero-order valence-electron chi connectivity index (χ0n) is 25.6. The van der Waals surface area contributed by atoms with Crippen LogP contribution >= 0.6 is 27.7 Å². The van der Waals surface area contributed by atoms with Gasteiger partial charge in [0, 0.05) is 22.3 Å². The highest BCUT2D eigenvalue weighted by Gasteiger charge is 2.76. The van der Waals surface area contributed by atoms with Crippen molar-refractivity contribution < 1.29 is 29.0 Å². The van der Waals surface area contributed by atoms with E-state index in [2.05, 4.69) is 29.1 Å². The Morgan fingerprint density at radius 1 is 1.16 bits per heavy atom. The summed E-state index contributed by atoms with van der Waals surface area (Å²) in [5.41, 5.74) is 1.58. The molecule has 8 nitrogen and oxygen atoms in total. The first-order valence-corrected chi connectivity index (χ1v) is 17.2. The van der Waals surface area contributed by atoms with Crippen molar-refractivity contribution in [2.75, 3.05) is 31.8 Å². The van der Waals surface area contributed by atoms with Gasteiger partial charge in [0.15, 0.2) is 0 Å². The number of hydrogen-bond acceptors (Lipinski definition) is 7. The number of aliphatic hydroxyl groups is 1. The number of methoxy groups -OCH3 is 1. The molecule has 3 aliphatic rings. The number of carbonyl (C=O) groups is 3. The van der Waals surface area contributed by atoms with Gasteiger partial charge in [0.05, 0.1) is 42.9 Å². The number of likely N-dealkylation sites (tertiary alicyclic amines) is 1. The van der Waals surface area contributed by atoms with E-state index in [9.17, 15) is 19.5 Å². The van der Waals surface area contributed by atoms with Crippen molar-refractivity contribution in [3.8, 4) is 5.75 Å². The number of halogens is 1. The van der Waals surface area contributed by atoms with E-state index >= 15 is 0 Å². The molecule has 2 amide bonds. The van der Waals surface area contributed by atoms with Gasteiger partial charge in [-0.15, -0.1) is 24.9 Å². The normalized spacial score (nSPS) is 27.1. The molecule has 3 heterocycles. The Labute approximate surface area is 278 Å². The van der Waals surface area contributed by atoms with Crippen LogP contribution in [-0.4, -0.2) is 81.6 Å². The minimum Gasteiger partial charge on any atom is -0.497 e. The van der Waals surface area contributed by atoms with Gasteiger partial charge in [-0.05, 0) is 61.9 Å². The van der Waals surface area contributed by atoms with Crippen molar-refractivity contribution in [1.29, 1.82) is 0 Å². The average molecular weight is 698 g/mol. The second-order valence-corrected chi connectivity index (χ2v) is 14.5. The lowest BCUT2D eigenvalue weighted by Crippen LogP contribution is -2.58. The van der Waals surface area contributed by atoms with Gasteiger partial charge in [-0.1, -0.05) is 58.4 Å². The Hall–Kier alpha value is -3.08. The zero-order valence-corrected chi connectivity index (χ0v) is 28.0. The van der Waals surface area contributed by atoms with Gasteiger partial charge >= 0.3 is 5.97 Å². The van der Waals surface area contributed by atoms with Gasteiger partial charge in [-0.25, -0.2) is 0 Å². The maximum absolute atomic E-state index is 14.9. The number of rotatable bonds is 15. The van der Waals surface area contributed by atoms with E-state index in [1.54, 1.807) is 46.9 Å². The topological polar surface area (TPSA) is 96.4 Å². The van der Waals surface area contributed by atoms with Gasteiger partial charge in [-0.3, -0.25) is 14.4 Å². The summed E-state index contributed by atoms with van der Waals surface area (Å²) in [6, 6.07) is 15.2. The molecule has 3 fully saturated rings.